The summed E-state index contributed by atoms with van der Waals surface area (Å²) in [7, 11) is 1.61. The lowest BCUT2D eigenvalue weighted by Crippen LogP contribution is -2.38. The quantitative estimate of drug-likeness (QED) is 0.887. The van der Waals surface area contributed by atoms with E-state index in [1.54, 1.807) is 19.2 Å². The number of anilines is 1. The number of ether oxygens (including phenoxy) is 1. The summed E-state index contributed by atoms with van der Waals surface area (Å²) >= 11 is 0. The minimum absolute atomic E-state index is 0.198. The molecule has 1 saturated heterocycles. The van der Waals surface area contributed by atoms with Crippen LogP contribution in [0, 0.1) is 11.7 Å². The molecule has 0 spiro atoms. The highest BCUT2D eigenvalue weighted by Crippen LogP contribution is 2.35. The predicted octanol–water partition coefficient (Wildman–Crippen LogP) is 3.17. The number of methoxy groups -OCH3 is 1. The molecule has 2 fully saturated rings. The molecule has 20 heavy (non-hydrogen) atoms. The first-order valence-corrected chi connectivity index (χ1v) is 7.61. The molecule has 1 saturated carbocycles. The van der Waals surface area contributed by atoms with E-state index in [4.69, 9.17) is 4.74 Å². The van der Waals surface area contributed by atoms with Gasteiger partial charge in [-0.3, -0.25) is 0 Å². The van der Waals surface area contributed by atoms with Gasteiger partial charge in [0.2, 0.25) is 0 Å². The standard InChI is InChI=1S/C16H23FN2O/c1-20-11-7-8-13(17)16(10-11)19-15-5-2-4-12(15)14-6-3-9-18-14/h7-8,10,12,14-15,18-19H,2-6,9H2,1H3. The van der Waals surface area contributed by atoms with Crippen molar-refractivity contribution in [3.63, 3.8) is 0 Å². The Morgan fingerprint density at radius 1 is 1.25 bits per heavy atom. The Hall–Kier alpha value is -1.29. The Morgan fingerprint density at radius 2 is 2.15 bits per heavy atom. The molecule has 1 aromatic carbocycles. The molecule has 1 aromatic rings. The van der Waals surface area contributed by atoms with E-state index in [2.05, 4.69) is 10.6 Å². The number of rotatable bonds is 4. The largest absolute Gasteiger partial charge is 0.497 e. The Kier molecular flexibility index (Phi) is 4.10. The second-order valence-corrected chi connectivity index (χ2v) is 5.89. The fourth-order valence-electron chi connectivity index (χ4n) is 3.67. The van der Waals surface area contributed by atoms with Crippen molar-refractivity contribution >= 4 is 5.69 Å². The van der Waals surface area contributed by atoms with Gasteiger partial charge in [-0.05, 0) is 50.3 Å². The van der Waals surface area contributed by atoms with E-state index in [1.165, 1.54) is 31.7 Å². The van der Waals surface area contributed by atoms with E-state index in [0.29, 0.717) is 29.4 Å². The van der Waals surface area contributed by atoms with Crippen LogP contribution in [0.25, 0.3) is 0 Å². The minimum atomic E-state index is -0.198. The molecule has 3 atom stereocenters. The predicted molar refractivity (Wildman–Crippen MR) is 78.7 cm³/mol. The third-order valence-electron chi connectivity index (χ3n) is 4.70. The van der Waals surface area contributed by atoms with Crippen molar-refractivity contribution in [2.24, 2.45) is 5.92 Å². The van der Waals surface area contributed by atoms with Crippen molar-refractivity contribution in [2.45, 2.75) is 44.2 Å². The van der Waals surface area contributed by atoms with Crippen LogP contribution in [0.15, 0.2) is 18.2 Å². The molecule has 1 aliphatic heterocycles. The Labute approximate surface area is 119 Å². The summed E-state index contributed by atoms with van der Waals surface area (Å²) in [4.78, 5) is 0. The molecular weight excluding hydrogens is 255 g/mol. The molecule has 1 aliphatic carbocycles. The summed E-state index contributed by atoms with van der Waals surface area (Å²) in [5.41, 5.74) is 0.569. The summed E-state index contributed by atoms with van der Waals surface area (Å²) in [6, 6.07) is 5.85. The van der Waals surface area contributed by atoms with Crippen molar-refractivity contribution in [1.29, 1.82) is 0 Å². The average molecular weight is 278 g/mol. The van der Waals surface area contributed by atoms with E-state index >= 15 is 0 Å². The number of halogens is 1. The summed E-state index contributed by atoms with van der Waals surface area (Å²) in [5, 5.41) is 7.01. The van der Waals surface area contributed by atoms with Crippen LogP contribution in [-0.2, 0) is 0 Å². The molecule has 110 valence electrons. The van der Waals surface area contributed by atoms with Crippen molar-refractivity contribution in [1.82, 2.24) is 5.32 Å². The second kappa shape index (κ2) is 6.00. The number of hydrogen-bond donors (Lipinski definition) is 2. The van der Waals surface area contributed by atoms with Crippen molar-refractivity contribution in [2.75, 3.05) is 19.0 Å². The zero-order chi connectivity index (χ0) is 13.9. The van der Waals surface area contributed by atoms with Gasteiger partial charge in [0.25, 0.3) is 0 Å². The molecular formula is C16H23FN2O. The van der Waals surface area contributed by atoms with Gasteiger partial charge in [-0.15, -0.1) is 0 Å². The van der Waals surface area contributed by atoms with E-state index in [1.807, 2.05) is 0 Å². The number of nitrogens with one attached hydrogen (secondary N) is 2. The van der Waals surface area contributed by atoms with Crippen LogP contribution in [0.2, 0.25) is 0 Å². The lowest BCUT2D eigenvalue weighted by Gasteiger charge is -2.27. The van der Waals surface area contributed by atoms with Crippen LogP contribution < -0.4 is 15.4 Å². The lowest BCUT2D eigenvalue weighted by molar-refractivity contribution is 0.375. The summed E-state index contributed by atoms with van der Waals surface area (Å²) in [5.74, 6) is 1.11. The van der Waals surface area contributed by atoms with Gasteiger partial charge in [0.05, 0.1) is 12.8 Å². The molecule has 0 bridgehead atoms. The van der Waals surface area contributed by atoms with Crippen LogP contribution in [0.3, 0.4) is 0 Å². The third-order valence-corrected chi connectivity index (χ3v) is 4.70. The van der Waals surface area contributed by atoms with Crippen LogP contribution in [-0.4, -0.2) is 25.7 Å². The Morgan fingerprint density at radius 3 is 2.90 bits per heavy atom. The summed E-state index contributed by atoms with van der Waals surface area (Å²) in [6.07, 6.45) is 6.11. The Balaban J connectivity index is 1.72. The fraction of sp³-hybridized carbons (Fsp3) is 0.625. The van der Waals surface area contributed by atoms with E-state index < -0.39 is 0 Å². The third kappa shape index (κ3) is 2.75. The fourth-order valence-corrected chi connectivity index (χ4v) is 3.67. The monoisotopic (exact) mass is 278 g/mol. The summed E-state index contributed by atoms with van der Waals surface area (Å²) in [6.45, 7) is 1.13. The van der Waals surface area contributed by atoms with Crippen molar-refractivity contribution in [3.8, 4) is 5.75 Å². The van der Waals surface area contributed by atoms with Gasteiger partial charge in [0.1, 0.15) is 11.6 Å². The van der Waals surface area contributed by atoms with E-state index in [0.717, 1.165) is 13.0 Å². The smallest absolute Gasteiger partial charge is 0.146 e. The van der Waals surface area contributed by atoms with Crippen LogP contribution in [0.1, 0.15) is 32.1 Å². The van der Waals surface area contributed by atoms with E-state index in [-0.39, 0.29) is 5.82 Å². The lowest BCUT2D eigenvalue weighted by atomic mass is 9.93. The zero-order valence-corrected chi connectivity index (χ0v) is 12.0. The van der Waals surface area contributed by atoms with Gasteiger partial charge in [-0.1, -0.05) is 6.42 Å². The highest BCUT2D eigenvalue weighted by atomic mass is 19.1. The zero-order valence-electron chi connectivity index (χ0n) is 12.0. The molecule has 3 nitrogen and oxygen atoms in total. The normalized spacial score (nSPS) is 29.6. The molecule has 0 amide bonds. The average Bonchev–Trinajstić information content (AvgIpc) is 3.11. The van der Waals surface area contributed by atoms with Gasteiger partial charge < -0.3 is 15.4 Å². The maximum absolute atomic E-state index is 13.9. The Bertz CT molecular complexity index is 460. The van der Waals surface area contributed by atoms with Gasteiger partial charge in [0.15, 0.2) is 0 Å². The summed E-state index contributed by atoms with van der Waals surface area (Å²) < 4.78 is 19.1. The van der Waals surface area contributed by atoms with Crippen molar-refractivity contribution in [3.05, 3.63) is 24.0 Å². The van der Waals surface area contributed by atoms with Gasteiger partial charge in [-0.25, -0.2) is 4.39 Å². The van der Waals surface area contributed by atoms with Gasteiger partial charge in [0, 0.05) is 18.2 Å². The highest BCUT2D eigenvalue weighted by Gasteiger charge is 2.35. The van der Waals surface area contributed by atoms with E-state index in [9.17, 15) is 4.39 Å². The first-order chi connectivity index (χ1) is 9.78. The molecule has 3 rings (SSSR count). The molecule has 4 heteroatoms. The molecule has 3 unspecified atom stereocenters. The van der Waals surface area contributed by atoms with Gasteiger partial charge in [-0.2, -0.15) is 0 Å². The van der Waals surface area contributed by atoms with Crippen LogP contribution in [0.4, 0.5) is 10.1 Å². The molecule has 2 aliphatic rings. The van der Waals surface area contributed by atoms with Crippen LogP contribution in [0.5, 0.6) is 5.75 Å². The maximum Gasteiger partial charge on any atom is 0.146 e. The topological polar surface area (TPSA) is 33.3 Å². The molecule has 1 heterocycles. The van der Waals surface area contributed by atoms with Gasteiger partial charge >= 0.3 is 0 Å². The molecule has 0 aromatic heterocycles. The number of benzene rings is 1. The second-order valence-electron chi connectivity index (χ2n) is 5.89. The first-order valence-electron chi connectivity index (χ1n) is 7.61. The minimum Gasteiger partial charge on any atom is -0.497 e. The first kappa shape index (κ1) is 13.7. The maximum atomic E-state index is 13.9. The molecule has 2 N–H and O–H groups in total. The molecule has 0 radical (unpaired) electrons. The highest BCUT2D eigenvalue weighted by molar-refractivity contribution is 5.50. The van der Waals surface area contributed by atoms with Crippen LogP contribution >= 0.6 is 0 Å². The van der Waals surface area contributed by atoms with Crippen molar-refractivity contribution < 1.29 is 9.13 Å². The SMILES string of the molecule is COc1ccc(F)c(NC2CCCC2C2CCCN2)c1. The number of hydrogen-bond acceptors (Lipinski definition) is 3.